The van der Waals surface area contributed by atoms with Crippen LogP contribution in [0.25, 0.3) is 0 Å². The Kier molecular flexibility index (Phi) is 7.53. The molecule has 7 nitrogen and oxygen atoms in total. The summed E-state index contributed by atoms with van der Waals surface area (Å²) in [6.45, 7) is 4.64. The number of anilines is 1. The van der Waals surface area contributed by atoms with Crippen molar-refractivity contribution in [2.24, 2.45) is 5.92 Å². The van der Waals surface area contributed by atoms with Crippen molar-refractivity contribution in [1.29, 1.82) is 0 Å². The van der Waals surface area contributed by atoms with E-state index in [2.05, 4.69) is 55.4 Å². The van der Waals surface area contributed by atoms with Gasteiger partial charge in [-0.1, -0.05) is 48.5 Å². The van der Waals surface area contributed by atoms with Gasteiger partial charge in [-0.3, -0.25) is 9.69 Å². The van der Waals surface area contributed by atoms with E-state index in [9.17, 15) is 4.79 Å². The highest BCUT2D eigenvalue weighted by Gasteiger charge is 2.28. The molecule has 3 heterocycles. The number of benzene rings is 2. The Labute approximate surface area is 207 Å². The van der Waals surface area contributed by atoms with Crippen LogP contribution in [0.2, 0.25) is 0 Å². The fraction of sp³-hybridized carbons (Fsp3) is 0.393. The van der Waals surface area contributed by atoms with Crippen molar-refractivity contribution in [3.63, 3.8) is 0 Å². The minimum atomic E-state index is 0.0653. The average molecular weight is 472 g/mol. The summed E-state index contributed by atoms with van der Waals surface area (Å²) in [6, 6.07) is 22.4. The number of nitrogens with one attached hydrogen (secondary N) is 1. The highest BCUT2D eigenvalue weighted by Crippen LogP contribution is 2.26. The maximum atomic E-state index is 13.0. The smallest absolute Gasteiger partial charge is 0.224 e. The molecule has 2 fully saturated rings. The second-order valence-electron chi connectivity index (χ2n) is 9.44. The van der Waals surface area contributed by atoms with Crippen LogP contribution in [0.1, 0.15) is 31.2 Å². The van der Waals surface area contributed by atoms with Crippen LogP contribution in [0, 0.1) is 5.92 Å². The highest BCUT2D eigenvalue weighted by molar-refractivity contribution is 5.79. The van der Waals surface area contributed by atoms with Gasteiger partial charge in [0, 0.05) is 50.7 Å². The number of para-hydroxylation sites is 1. The molecule has 0 spiro atoms. The van der Waals surface area contributed by atoms with Crippen LogP contribution in [-0.2, 0) is 11.3 Å². The third-order valence-corrected chi connectivity index (χ3v) is 6.97. The molecule has 0 aliphatic carbocycles. The first-order chi connectivity index (χ1) is 17.2. The van der Waals surface area contributed by atoms with Crippen molar-refractivity contribution in [1.82, 2.24) is 20.2 Å². The van der Waals surface area contributed by atoms with Gasteiger partial charge in [0.05, 0.1) is 0 Å². The zero-order chi connectivity index (χ0) is 23.9. The quantitative estimate of drug-likeness (QED) is 0.555. The number of ether oxygens (including phenoxy) is 1. The van der Waals surface area contributed by atoms with Gasteiger partial charge in [-0.2, -0.15) is 0 Å². The average Bonchev–Trinajstić information content (AvgIpc) is 2.91. The summed E-state index contributed by atoms with van der Waals surface area (Å²) in [6.07, 6.45) is 5.23. The van der Waals surface area contributed by atoms with E-state index < -0.39 is 0 Å². The van der Waals surface area contributed by atoms with Gasteiger partial charge in [-0.15, -0.1) is 0 Å². The lowest BCUT2D eigenvalue weighted by Gasteiger charge is -2.35. The van der Waals surface area contributed by atoms with Gasteiger partial charge >= 0.3 is 0 Å². The van der Waals surface area contributed by atoms with Gasteiger partial charge in [0.2, 0.25) is 11.8 Å². The summed E-state index contributed by atoms with van der Waals surface area (Å²) in [5, 5.41) is 3.33. The first-order valence-electron chi connectivity index (χ1n) is 12.6. The third kappa shape index (κ3) is 6.36. The van der Waals surface area contributed by atoms with Crippen LogP contribution in [0.4, 0.5) is 5.82 Å². The predicted molar refractivity (Wildman–Crippen MR) is 136 cm³/mol. The van der Waals surface area contributed by atoms with Crippen LogP contribution in [0.5, 0.6) is 11.6 Å². The van der Waals surface area contributed by atoms with Gasteiger partial charge in [0.15, 0.2) is 0 Å². The Hall–Kier alpha value is -3.45. The maximum absolute atomic E-state index is 13.0. The van der Waals surface area contributed by atoms with Crippen molar-refractivity contribution < 1.29 is 9.53 Å². The molecule has 182 valence electrons. The van der Waals surface area contributed by atoms with Crippen molar-refractivity contribution in [2.45, 2.75) is 38.3 Å². The van der Waals surface area contributed by atoms with E-state index in [-0.39, 0.29) is 17.9 Å². The molecule has 0 bridgehead atoms. The summed E-state index contributed by atoms with van der Waals surface area (Å²) in [5.41, 5.74) is 1.35. The third-order valence-electron chi connectivity index (χ3n) is 6.97. The van der Waals surface area contributed by atoms with Gasteiger partial charge in [-0.25, -0.2) is 9.97 Å². The number of carbonyl (C=O) groups excluding carboxylic acids is 1. The summed E-state index contributed by atoms with van der Waals surface area (Å²) in [5.74, 6) is 2.39. The second-order valence-corrected chi connectivity index (χ2v) is 9.44. The van der Waals surface area contributed by atoms with Gasteiger partial charge in [0.25, 0.3) is 0 Å². The van der Waals surface area contributed by atoms with Gasteiger partial charge < -0.3 is 15.0 Å². The zero-order valence-corrected chi connectivity index (χ0v) is 20.1. The molecule has 7 heteroatoms. The molecular formula is C28H33N5O2. The Bertz CT molecular complexity index is 1080. The van der Waals surface area contributed by atoms with Crippen molar-refractivity contribution in [3.05, 3.63) is 78.6 Å². The normalized spacial score (nSPS) is 17.8. The van der Waals surface area contributed by atoms with Crippen LogP contribution < -0.4 is 15.0 Å². The molecule has 2 aliphatic rings. The van der Waals surface area contributed by atoms with Crippen molar-refractivity contribution in [2.75, 3.05) is 31.1 Å². The molecule has 2 saturated heterocycles. The number of carbonyl (C=O) groups is 1. The molecule has 2 aliphatic heterocycles. The van der Waals surface area contributed by atoms with E-state index >= 15 is 0 Å². The number of likely N-dealkylation sites (tertiary alicyclic amines) is 1. The summed E-state index contributed by atoms with van der Waals surface area (Å²) in [7, 11) is 0. The van der Waals surface area contributed by atoms with Crippen molar-refractivity contribution >= 4 is 11.7 Å². The number of nitrogens with zero attached hydrogens (tertiary/aromatic N) is 4. The minimum Gasteiger partial charge on any atom is -0.439 e. The second kappa shape index (κ2) is 11.3. The van der Waals surface area contributed by atoms with E-state index in [0.29, 0.717) is 5.88 Å². The SMILES string of the molecule is O=C(NC1CCN(Cc2ccccc2)CC1)C1CCN(c2cc(Oc3ccccc3)ncn2)CC1. The van der Waals surface area contributed by atoms with E-state index in [0.717, 1.165) is 70.0 Å². The van der Waals surface area contributed by atoms with Gasteiger partial charge in [0.1, 0.15) is 17.9 Å². The predicted octanol–water partition coefficient (Wildman–Crippen LogP) is 4.27. The fourth-order valence-electron chi connectivity index (χ4n) is 4.93. The Balaban J connectivity index is 1.06. The minimum absolute atomic E-state index is 0.0653. The topological polar surface area (TPSA) is 70.6 Å². The number of piperidine rings is 2. The molecule has 1 N–H and O–H groups in total. The van der Waals surface area contributed by atoms with Crippen LogP contribution in [0.3, 0.4) is 0 Å². The molecule has 3 aromatic rings. The van der Waals surface area contributed by atoms with Crippen LogP contribution >= 0.6 is 0 Å². The monoisotopic (exact) mass is 471 g/mol. The summed E-state index contributed by atoms with van der Waals surface area (Å²) in [4.78, 5) is 26.3. The molecule has 2 aromatic carbocycles. The number of aromatic nitrogens is 2. The Morgan fingerprint density at radius 2 is 1.57 bits per heavy atom. The molecule has 35 heavy (non-hydrogen) atoms. The molecule has 1 aromatic heterocycles. The summed E-state index contributed by atoms with van der Waals surface area (Å²) < 4.78 is 5.85. The zero-order valence-electron chi connectivity index (χ0n) is 20.1. The lowest BCUT2D eigenvalue weighted by molar-refractivity contribution is -0.126. The standard InChI is InChI=1S/C28H33N5O2/c34-28(31-24-13-15-32(16-14-24)20-22-7-3-1-4-8-22)23-11-17-33(18-12-23)26-19-27(30-21-29-26)35-25-9-5-2-6-10-25/h1-10,19,21,23-24H,11-18,20H2,(H,31,34). The van der Waals surface area contributed by atoms with E-state index in [4.69, 9.17) is 4.74 Å². The van der Waals surface area contributed by atoms with Gasteiger partial charge in [-0.05, 0) is 43.4 Å². The molecule has 0 saturated carbocycles. The highest BCUT2D eigenvalue weighted by atomic mass is 16.5. The summed E-state index contributed by atoms with van der Waals surface area (Å²) >= 11 is 0. The lowest BCUT2D eigenvalue weighted by atomic mass is 9.94. The Morgan fingerprint density at radius 1 is 0.886 bits per heavy atom. The van der Waals surface area contributed by atoms with E-state index in [1.165, 1.54) is 11.9 Å². The largest absolute Gasteiger partial charge is 0.439 e. The molecule has 0 radical (unpaired) electrons. The fourth-order valence-corrected chi connectivity index (χ4v) is 4.93. The molecule has 0 atom stereocenters. The molecular weight excluding hydrogens is 438 g/mol. The first kappa shape index (κ1) is 23.3. The lowest BCUT2D eigenvalue weighted by Crippen LogP contribution is -2.48. The van der Waals surface area contributed by atoms with Crippen molar-refractivity contribution in [3.8, 4) is 11.6 Å². The van der Waals surface area contributed by atoms with E-state index in [1.807, 2.05) is 36.4 Å². The maximum Gasteiger partial charge on any atom is 0.224 e. The Morgan fingerprint density at radius 3 is 2.29 bits per heavy atom. The van der Waals surface area contributed by atoms with Crippen LogP contribution in [-0.4, -0.2) is 53.0 Å². The number of hydrogen-bond donors (Lipinski definition) is 1. The number of amides is 1. The molecule has 5 rings (SSSR count). The van der Waals surface area contributed by atoms with Crippen LogP contribution in [0.15, 0.2) is 73.1 Å². The molecule has 0 unspecified atom stereocenters. The first-order valence-corrected chi connectivity index (χ1v) is 12.6. The number of hydrogen-bond acceptors (Lipinski definition) is 6. The molecule has 1 amide bonds. The van der Waals surface area contributed by atoms with E-state index in [1.54, 1.807) is 0 Å². The number of rotatable bonds is 7.